The van der Waals surface area contributed by atoms with Crippen molar-refractivity contribution >= 4 is 5.91 Å². The first kappa shape index (κ1) is 13.3. The number of methoxy groups -OCH3 is 1. The van der Waals surface area contributed by atoms with Crippen LogP contribution in [0.3, 0.4) is 0 Å². The number of nitrogens with two attached hydrogens (primary N) is 2. The summed E-state index contributed by atoms with van der Waals surface area (Å²) in [5.74, 6) is 0.724. The number of rotatable bonds is 6. The molecule has 5 nitrogen and oxygen atoms in total. The molecule has 0 fully saturated rings. The SMILES string of the molecule is COc1ccccc1OCCC(C)(N)C(N)=O. The molecule has 0 radical (unpaired) electrons. The van der Waals surface area contributed by atoms with E-state index in [0.29, 0.717) is 24.5 Å². The van der Waals surface area contributed by atoms with E-state index in [9.17, 15) is 4.79 Å². The van der Waals surface area contributed by atoms with E-state index in [4.69, 9.17) is 20.9 Å². The van der Waals surface area contributed by atoms with Crippen LogP contribution in [0.25, 0.3) is 0 Å². The summed E-state index contributed by atoms with van der Waals surface area (Å²) in [6.45, 7) is 1.89. The minimum Gasteiger partial charge on any atom is -0.493 e. The molecular formula is C12H18N2O3. The molecule has 1 aromatic carbocycles. The van der Waals surface area contributed by atoms with E-state index in [2.05, 4.69) is 0 Å². The molecule has 0 heterocycles. The number of benzene rings is 1. The molecule has 0 spiro atoms. The van der Waals surface area contributed by atoms with E-state index >= 15 is 0 Å². The van der Waals surface area contributed by atoms with Crippen LogP contribution in [0, 0.1) is 0 Å². The van der Waals surface area contributed by atoms with Crippen molar-refractivity contribution in [2.75, 3.05) is 13.7 Å². The second kappa shape index (κ2) is 5.54. The fourth-order valence-electron chi connectivity index (χ4n) is 1.23. The Morgan fingerprint density at radius 3 is 2.47 bits per heavy atom. The summed E-state index contributed by atoms with van der Waals surface area (Å²) >= 11 is 0. The summed E-state index contributed by atoms with van der Waals surface area (Å²) in [5, 5.41) is 0. The average molecular weight is 238 g/mol. The van der Waals surface area contributed by atoms with Gasteiger partial charge in [0.25, 0.3) is 0 Å². The molecule has 0 aliphatic carbocycles. The Balaban J connectivity index is 2.54. The van der Waals surface area contributed by atoms with Crippen LogP contribution in [-0.4, -0.2) is 25.2 Å². The lowest BCUT2D eigenvalue weighted by Gasteiger charge is -2.20. The highest BCUT2D eigenvalue weighted by Crippen LogP contribution is 2.26. The fraction of sp³-hybridized carbons (Fsp3) is 0.417. The van der Waals surface area contributed by atoms with Crippen LogP contribution in [0.4, 0.5) is 0 Å². The molecule has 1 unspecified atom stereocenters. The van der Waals surface area contributed by atoms with Gasteiger partial charge in [-0.25, -0.2) is 0 Å². The first-order valence-corrected chi connectivity index (χ1v) is 5.32. The lowest BCUT2D eigenvalue weighted by Crippen LogP contribution is -2.50. The van der Waals surface area contributed by atoms with Crippen molar-refractivity contribution in [3.8, 4) is 11.5 Å². The van der Waals surface area contributed by atoms with Crippen LogP contribution >= 0.6 is 0 Å². The largest absolute Gasteiger partial charge is 0.493 e. The third kappa shape index (κ3) is 3.64. The summed E-state index contributed by atoms with van der Waals surface area (Å²) in [7, 11) is 1.57. The monoisotopic (exact) mass is 238 g/mol. The summed E-state index contributed by atoms with van der Waals surface area (Å²) in [5.41, 5.74) is 9.82. The quantitative estimate of drug-likeness (QED) is 0.762. The molecule has 0 aliphatic heterocycles. The average Bonchev–Trinajstić information content (AvgIpc) is 2.29. The lowest BCUT2D eigenvalue weighted by atomic mass is 9.99. The Kier molecular flexibility index (Phi) is 4.34. The van der Waals surface area contributed by atoms with Crippen molar-refractivity contribution in [1.29, 1.82) is 0 Å². The van der Waals surface area contributed by atoms with Crippen LogP contribution < -0.4 is 20.9 Å². The van der Waals surface area contributed by atoms with Gasteiger partial charge in [0, 0.05) is 6.42 Å². The van der Waals surface area contributed by atoms with Crippen LogP contribution in [0.5, 0.6) is 11.5 Å². The highest BCUT2D eigenvalue weighted by atomic mass is 16.5. The van der Waals surface area contributed by atoms with Crippen molar-refractivity contribution in [2.45, 2.75) is 18.9 Å². The van der Waals surface area contributed by atoms with Gasteiger partial charge in [0.15, 0.2) is 11.5 Å². The van der Waals surface area contributed by atoms with Crippen LogP contribution in [-0.2, 0) is 4.79 Å². The molecule has 1 aromatic rings. The molecule has 5 heteroatoms. The van der Waals surface area contributed by atoms with Gasteiger partial charge in [-0.1, -0.05) is 12.1 Å². The van der Waals surface area contributed by atoms with Gasteiger partial charge in [-0.15, -0.1) is 0 Å². The van der Waals surface area contributed by atoms with E-state index in [1.54, 1.807) is 26.2 Å². The standard InChI is InChI=1S/C12H18N2O3/c1-12(14,11(13)15)7-8-17-10-6-4-3-5-9(10)16-2/h3-6H,7-8,14H2,1-2H3,(H2,13,15). The van der Waals surface area contributed by atoms with Gasteiger partial charge in [0.05, 0.1) is 19.3 Å². The van der Waals surface area contributed by atoms with Gasteiger partial charge in [0.2, 0.25) is 5.91 Å². The maximum Gasteiger partial charge on any atom is 0.237 e. The number of carbonyl (C=O) groups excluding carboxylic acids is 1. The molecule has 1 amide bonds. The van der Waals surface area contributed by atoms with Gasteiger partial charge >= 0.3 is 0 Å². The summed E-state index contributed by atoms with van der Waals surface area (Å²) in [6.07, 6.45) is 0.348. The zero-order chi connectivity index (χ0) is 12.9. The highest BCUT2D eigenvalue weighted by molar-refractivity contribution is 5.83. The zero-order valence-corrected chi connectivity index (χ0v) is 10.1. The molecule has 0 aromatic heterocycles. The van der Waals surface area contributed by atoms with Crippen LogP contribution in [0.15, 0.2) is 24.3 Å². The normalized spacial score (nSPS) is 13.8. The minimum atomic E-state index is -1.05. The summed E-state index contributed by atoms with van der Waals surface area (Å²) < 4.78 is 10.6. The van der Waals surface area contributed by atoms with E-state index in [0.717, 1.165) is 0 Å². The van der Waals surface area contributed by atoms with Crippen molar-refractivity contribution in [3.05, 3.63) is 24.3 Å². The number of hydrogen-bond donors (Lipinski definition) is 2. The van der Waals surface area contributed by atoms with Gasteiger partial charge in [-0.05, 0) is 19.1 Å². The smallest absolute Gasteiger partial charge is 0.237 e. The molecule has 0 saturated carbocycles. The lowest BCUT2D eigenvalue weighted by molar-refractivity contribution is -0.123. The first-order valence-electron chi connectivity index (χ1n) is 5.32. The van der Waals surface area contributed by atoms with Gasteiger partial charge in [-0.2, -0.15) is 0 Å². The third-order valence-electron chi connectivity index (χ3n) is 2.51. The number of ether oxygens (including phenoxy) is 2. The molecular weight excluding hydrogens is 220 g/mol. The second-order valence-corrected chi connectivity index (χ2v) is 4.03. The molecule has 0 saturated heterocycles. The topological polar surface area (TPSA) is 87.6 Å². The molecule has 1 rings (SSSR count). The maximum absolute atomic E-state index is 11.0. The predicted octanol–water partition coefficient (Wildman–Crippen LogP) is 0.667. The third-order valence-corrected chi connectivity index (χ3v) is 2.51. The van der Waals surface area contributed by atoms with Crippen molar-refractivity contribution in [2.24, 2.45) is 11.5 Å². The Labute approximate surface area is 101 Å². The maximum atomic E-state index is 11.0. The Hall–Kier alpha value is -1.75. The fourth-order valence-corrected chi connectivity index (χ4v) is 1.23. The number of amides is 1. The molecule has 1 atom stereocenters. The number of para-hydroxylation sites is 2. The van der Waals surface area contributed by atoms with Crippen LogP contribution in [0.2, 0.25) is 0 Å². The predicted molar refractivity (Wildman–Crippen MR) is 64.9 cm³/mol. The van der Waals surface area contributed by atoms with Crippen molar-refractivity contribution < 1.29 is 14.3 Å². The second-order valence-electron chi connectivity index (χ2n) is 4.03. The van der Waals surface area contributed by atoms with E-state index in [-0.39, 0.29) is 0 Å². The Morgan fingerprint density at radius 1 is 1.35 bits per heavy atom. The van der Waals surface area contributed by atoms with Crippen LogP contribution in [0.1, 0.15) is 13.3 Å². The molecule has 0 bridgehead atoms. The first-order chi connectivity index (χ1) is 7.97. The molecule has 4 N–H and O–H groups in total. The molecule has 17 heavy (non-hydrogen) atoms. The zero-order valence-electron chi connectivity index (χ0n) is 10.1. The van der Waals surface area contributed by atoms with E-state index < -0.39 is 11.4 Å². The summed E-state index contributed by atoms with van der Waals surface area (Å²) in [4.78, 5) is 11.0. The highest BCUT2D eigenvalue weighted by Gasteiger charge is 2.25. The number of primary amides is 1. The minimum absolute atomic E-state index is 0.302. The summed E-state index contributed by atoms with van der Waals surface area (Å²) in [6, 6.07) is 7.28. The Morgan fingerprint density at radius 2 is 1.94 bits per heavy atom. The number of carbonyl (C=O) groups is 1. The van der Waals surface area contributed by atoms with Crippen molar-refractivity contribution in [1.82, 2.24) is 0 Å². The number of hydrogen-bond acceptors (Lipinski definition) is 4. The van der Waals surface area contributed by atoms with E-state index in [1.807, 2.05) is 12.1 Å². The Bertz CT molecular complexity index is 391. The van der Waals surface area contributed by atoms with Gasteiger partial charge in [-0.3, -0.25) is 4.79 Å². The van der Waals surface area contributed by atoms with E-state index in [1.165, 1.54) is 0 Å². The van der Waals surface area contributed by atoms with Crippen molar-refractivity contribution in [3.63, 3.8) is 0 Å². The molecule has 0 aliphatic rings. The van der Waals surface area contributed by atoms with Gasteiger partial charge < -0.3 is 20.9 Å². The van der Waals surface area contributed by atoms with Gasteiger partial charge in [0.1, 0.15) is 0 Å². The molecule has 94 valence electrons.